The van der Waals surface area contributed by atoms with Crippen molar-refractivity contribution in [2.24, 2.45) is 5.41 Å². The molecule has 0 aliphatic heterocycles. The molecule has 0 spiro atoms. The standard InChI is InChI=1S/C14H28O2Si/c1-11(2)12(15)16-17(8,9)14(6,7)10-13(3,4)5/h1,10H2,2-9H3. The highest BCUT2D eigenvalue weighted by Gasteiger charge is 2.45. The number of carbonyl (C=O) groups is 1. The Morgan fingerprint density at radius 3 is 1.88 bits per heavy atom. The molecular formula is C14H28O2Si. The van der Waals surface area contributed by atoms with Crippen molar-refractivity contribution in [3.8, 4) is 0 Å². The molecule has 0 unspecified atom stereocenters. The number of carbonyl (C=O) groups excluding carboxylic acids is 1. The lowest BCUT2D eigenvalue weighted by Gasteiger charge is -2.42. The normalized spacial score (nSPS) is 13.4. The molecule has 0 saturated heterocycles. The van der Waals surface area contributed by atoms with Gasteiger partial charge in [0.15, 0.2) is 0 Å². The average molecular weight is 256 g/mol. The monoisotopic (exact) mass is 256 g/mol. The maximum Gasteiger partial charge on any atom is 0.319 e. The van der Waals surface area contributed by atoms with Crippen LogP contribution in [0.4, 0.5) is 0 Å². The molecule has 3 heteroatoms. The van der Waals surface area contributed by atoms with Crippen molar-refractivity contribution in [1.29, 1.82) is 0 Å². The zero-order chi connectivity index (χ0) is 14.1. The summed E-state index contributed by atoms with van der Waals surface area (Å²) in [6, 6.07) is 0. The average Bonchev–Trinajstić information content (AvgIpc) is 1.97. The zero-order valence-corrected chi connectivity index (χ0v) is 13.7. The molecule has 0 fully saturated rings. The van der Waals surface area contributed by atoms with Crippen molar-refractivity contribution in [3.63, 3.8) is 0 Å². The number of hydrogen-bond acceptors (Lipinski definition) is 2. The lowest BCUT2D eigenvalue weighted by atomic mass is 9.86. The summed E-state index contributed by atoms with van der Waals surface area (Å²) in [6.07, 6.45) is 1.04. The number of hydrogen-bond donors (Lipinski definition) is 0. The van der Waals surface area contributed by atoms with Gasteiger partial charge in [0.1, 0.15) is 0 Å². The predicted octanol–water partition coefficient (Wildman–Crippen LogP) is 4.53. The quantitative estimate of drug-likeness (QED) is 0.546. The molecule has 0 radical (unpaired) electrons. The number of rotatable bonds is 4. The Morgan fingerprint density at radius 1 is 1.18 bits per heavy atom. The van der Waals surface area contributed by atoms with Gasteiger partial charge in [-0.05, 0) is 36.9 Å². The molecule has 100 valence electrons. The molecule has 17 heavy (non-hydrogen) atoms. The van der Waals surface area contributed by atoms with Crippen LogP contribution in [0, 0.1) is 5.41 Å². The van der Waals surface area contributed by atoms with E-state index in [9.17, 15) is 4.79 Å². The Labute approximate surface area is 108 Å². The van der Waals surface area contributed by atoms with Crippen molar-refractivity contribution in [2.45, 2.75) is 66.1 Å². The van der Waals surface area contributed by atoms with Gasteiger partial charge in [0.2, 0.25) is 0 Å². The van der Waals surface area contributed by atoms with Crippen LogP contribution in [0.2, 0.25) is 18.1 Å². The Morgan fingerprint density at radius 2 is 1.59 bits per heavy atom. The third-order valence-corrected chi connectivity index (χ3v) is 7.43. The third-order valence-electron chi connectivity index (χ3n) is 3.30. The van der Waals surface area contributed by atoms with Crippen LogP contribution in [-0.2, 0) is 9.22 Å². The molecule has 0 aliphatic carbocycles. The van der Waals surface area contributed by atoms with E-state index in [2.05, 4.69) is 54.3 Å². The van der Waals surface area contributed by atoms with E-state index in [0.29, 0.717) is 5.57 Å². The highest BCUT2D eigenvalue weighted by Crippen LogP contribution is 2.47. The summed E-state index contributed by atoms with van der Waals surface area (Å²) >= 11 is 0. The van der Waals surface area contributed by atoms with Gasteiger partial charge in [0, 0.05) is 5.57 Å². The van der Waals surface area contributed by atoms with E-state index >= 15 is 0 Å². The molecule has 0 aliphatic rings. The Bertz CT molecular complexity index is 309. The topological polar surface area (TPSA) is 26.3 Å². The molecular weight excluding hydrogens is 228 g/mol. The highest BCUT2D eigenvalue weighted by molar-refractivity contribution is 6.75. The second-order valence-electron chi connectivity index (χ2n) is 7.30. The molecule has 0 aromatic heterocycles. The van der Waals surface area contributed by atoms with E-state index in [-0.39, 0.29) is 16.4 Å². The third kappa shape index (κ3) is 5.07. The molecule has 0 saturated carbocycles. The van der Waals surface area contributed by atoms with E-state index in [1.54, 1.807) is 6.92 Å². The second kappa shape index (κ2) is 4.97. The summed E-state index contributed by atoms with van der Waals surface area (Å²) < 4.78 is 5.71. The molecule has 0 N–H and O–H groups in total. The summed E-state index contributed by atoms with van der Waals surface area (Å²) in [5, 5.41) is 0.0519. The molecule has 0 aromatic rings. The fourth-order valence-electron chi connectivity index (χ4n) is 2.00. The van der Waals surface area contributed by atoms with Gasteiger partial charge < -0.3 is 4.43 Å². The van der Waals surface area contributed by atoms with Gasteiger partial charge in [0.25, 0.3) is 8.32 Å². The van der Waals surface area contributed by atoms with E-state index in [1.165, 1.54) is 0 Å². The maximum atomic E-state index is 11.7. The highest BCUT2D eigenvalue weighted by atomic mass is 28.4. The summed E-state index contributed by atoms with van der Waals surface area (Å²) in [6.45, 7) is 20.6. The first-order valence-electron chi connectivity index (χ1n) is 6.17. The fraction of sp³-hybridized carbons (Fsp3) is 0.786. The lowest BCUT2D eigenvalue weighted by Crippen LogP contribution is -2.45. The summed E-state index contributed by atoms with van der Waals surface area (Å²) in [5.74, 6) is -0.247. The van der Waals surface area contributed by atoms with E-state index < -0.39 is 8.32 Å². The van der Waals surface area contributed by atoms with Crippen LogP contribution in [-0.4, -0.2) is 14.3 Å². The van der Waals surface area contributed by atoms with Gasteiger partial charge in [0.05, 0.1) is 0 Å². The first-order valence-corrected chi connectivity index (χ1v) is 9.08. The van der Waals surface area contributed by atoms with Crippen molar-refractivity contribution in [2.75, 3.05) is 0 Å². The Hall–Kier alpha value is -0.573. The predicted molar refractivity (Wildman–Crippen MR) is 76.5 cm³/mol. The van der Waals surface area contributed by atoms with Crippen LogP contribution in [0.15, 0.2) is 12.2 Å². The van der Waals surface area contributed by atoms with Gasteiger partial charge in [-0.15, -0.1) is 0 Å². The van der Waals surface area contributed by atoms with Crippen LogP contribution < -0.4 is 0 Å². The van der Waals surface area contributed by atoms with Crippen LogP contribution >= 0.6 is 0 Å². The van der Waals surface area contributed by atoms with Crippen molar-refractivity contribution < 1.29 is 9.22 Å². The first kappa shape index (κ1) is 16.4. The summed E-state index contributed by atoms with van der Waals surface area (Å²) in [5.41, 5.74) is 0.723. The van der Waals surface area contributed by atoms with E-state index in [4.69, 9.17) is 4.43 Å². The minimum absolute atomic E-state index is 0.0519. The minimum atomic E-state index is -2.08. The molecule has 0 aromatic carbocycles. The maximum absolute atomic E-state index is 11.7. The molecule has 0 atom stereocenters. The van der Waals surface area contributed by atoms with Gasteiger partial charge >= 0.3 is 5.97 Å². The summed E-state index contributed by atoms with van der Waals surface area (Å²) in [4.78, 5) is 11.7. The molecule has 0 heterocycles. The molecule has 0 amide bonds. The molecule has 2 nitrogen and oxygen atoms in total. The van der Waals surface area contributed by atoms with E-state index in [0.717, 1.165) is 6.42 Å². The van der Waals surface area contributed by atoms with Gasteiger partial charge in [-0.25, -0.2) is 4.79 Å². The second-order valence-corrected chi connectivity index (χ2v) is 11.9. The van der Waals surface area contributed by atoms with Crippen molar-refractivity contribution in [3.05, 3.63) is 12.2 Å². The lowest BCUT2D eigenvalue weighted by molar-refractivity contribution is -0.131. The zero-order valence-electron chi connectivity index (χ0n) is 12.7. The summed E-state index contributed by atoms with van der Waals surface area (Å²) in [7, 11) is -2.08. The van der Waals surface area contributed by atoms with Crippen molar-refractivity contribution >= 4 is 14.3 Å². The fourth-order valence-corrected chi connectivity index (χ4v) is 3.87. The smallest absolute Gasteiger partial charge is 0.319 e. The van der Waals surface area contributed by atoms with Gasteiger partial charge in [-0.3, -0.25) is 0 Å². The van der Waals surface area contributed by atoms with Crippen LogP contribution in [0.5, 0.6) is 0 Å². The van der Waals surface area contributed by atoms with Crippen LogP contribution in [0.25, 0.3) is 0 Å². The minimum Gasteiger partial charge on any atom is -0.516 e. The Kier molecular flexibility index (Phi) is 4.80. The van der Waals surface area contributed by atoms with Gasteiger partial charge in [-0.1, -0.05) is 41.2 Å². The first-order chi connectivity index (χ1) is 7.28. The van der Waals surface area contributed by atoms with Gasteiger partial charge in [-0.2, -0.15) is 0 Å². The van der Waals surface area contributed by atoms with Crippen LogP contribution in [0.1, 0.15) is 48.0 Å². The van der Waals surface area contributed by atoms with Crippen molar-refractivity contribution in [1.82, 2.24) is 0 Å². The van der Waals surface area contributed by atoms with E-state index in [1.807, 2.05) is 0 Å². The largest absolute Gasteiger partial charge is 0.516 e. The molecule has 0 rings (SSSR count). The Balaban J connectivity index is 4.90. The molecule has 0 bridgehead atoms. The van der Waals surface area contributed by atoms with Crippen LogP contribution in [0.3, 0.4) is 0 Å². The SMILES string of the molecule is C=C(C)C(=O)O[Si](C)(C)C(C)(C)CC(C)(C)C.